The molecule has 1 aliphatic rings. The molecule has 0 amide bonds. The van der Waals surface area contributed by atoms with Crippen molar-refractivity contribution in [3.8, 4) is 0 Å². The van der Waals surface area contributed by atoms with Crippen LogP contribution in [0.5, 0.6) is 0 Å². The number of halogens is 1. The van der Waals surface area contributed by atoms with Gasteiger partial charge >= 0.3 is 0 Å². The molecule has 1 N–H and O–H groups in total. The maximum Gasteiger partial charge on any atom is 0.0435 e. The molecule has 1 aliphatic carbocycles. The molecular formula is C16H24ClN. The Morgan fingerprint density at radius 3 is 2.39 bits per heavy atom. The molecule has 1 aromatic rings. The van der Waals surface area contributed by atoms with E-state index in [4.69, 9.17) is 11.6 Å². The molecule has 1 saturated carbocycles. The van der Waals surface area contributed by atoms with Crippen LogP contribution in [0.2, 0.25) is 5.02 Å². The maximum absolute atomic E-state index is 6.12. The summed E-state index contributed by atoms with van der Waals surface area (Å²) >= 11 is 6.12. The molecule has 0 aromatic heterocycles. The fourth-order valence-corrected chi connectivity index (χ4v) is 3.30. The van der Waals surface area contributed by atoms with E-state index < -0.39 is 0 Å². The predicted octanol–water partition coefficient (Wildman–Crippen LogP) is 4.88. The minimum atomic E-state index is 0.485. The van der Waals surface area contributed by atoms with Crippen molar-refractivity contribution in [2.45, 2.75) is 51.5 Å². The topological polar surface area (TPSA) is 12.0 Å². The molecule has 0 bridgehead atoms. The number of hydrogen-bond acceptors (Lipinski definition) is 1. The Hall–Kier alpha value is -0.530. The third kappa shape index (κ3) is 3.27. The van der Waals surface area contributed by atoms with Crippen molar-refractivity contribution in [3.05, 3.63) is 34.3 Å². The van der Waals surface area contributed by atoms with Gasteiger partial charge in [-0.25, -0.2) is 0 Å². The third-order valence-electron chi connectivity index (χ3n) is 4.22. The number of rotatable bonds is 3. The highest BCUT2D eigenvalue weighted by atomic mass is 35.5. The molecule has 18 heavy (non-hydrogen) atoms. The lowest BCUT2D eigenvalue weighted by Gasteiger charge is -2.26. The number of nitrogens with one attached hydrogen (secondary N) is 1. The molecular weight excluding hydrogens is 242 g/mol. The quantitative estimate of drug-likeness (QED) is 0.768. The molecule has 0 radical (unpaired) electrons. The van der Waals surface area contributed by atoms with Crippen LogP contribution in [0.1, 0.15) is 55.7 Å². The Bertz CT molecular complexity index is 381. The highest BCUT2D eigenvalue weighted by Gasteiger charge is 2.23. The highest BCUT2D eigenvalue weighted by Crippen LogP contribution is 2.34. The second kappa shape index (κ2) is 6.58. The van der Waals surface area contributed by atoms with E-state index in [0.29, 0.717) is 6.04 Å². The molecule has 0 aliphatic heterocycles. The zero-order chi connectivity index (χ0) is 13.0. The molecule has 100 valence electrons. The first-order chi connectivity index (χ1) is 8.72. The van der Waals surface area contributed by atoms with Crippen molar-refractivity contribution in [2.24, 2.45) is 5.92 Å². The van der Waals surface area contributed by atoms with Gasteiger partial charge in [-0.2, -0.15) is 0 Å². The summed E-state index contributed by atoms with van der Waals surface area (Å²) in [7, 11) is 2.08. The van der Waals surface area contributed by atoms with Crippen LogP contribution in [0, 0.1) is 12.8 Å². The first-order valence-corrected chi connectivity index (χ1v) is 7.53. The zero-order valence-electron chi connectivity index (χ0n) is 11.5. The van der Waals surface area contributed by atoms with E-state index in [1.165, 1.54) is 49.7 Å². The van der Waals surface area contributed by atoms with E-state index in [-0.39, 0.29) is 0 Å². The van der Waals surface area contributed by atoms with Crippen molar-refractivity contribution in [3.63, 3.8) is 0 Å². The molecule has 1 fully saturated rings. The minimum Gasteiger partial charge on any atom is -0.313 e. The summed E-state index contributed by atoms with van der Waals surface area (Å²) in [6.45, 7) is 2.09. The van der Waals surface area contributed by atoms with Gasteiger partial charge in [-0.05, 0) is 49.9 Å². The zero-order valence-corrected chi connectivity index (χ0v) is 12.3. The van der Waals surface area contributed by atoms with Crippen LogP contribution in [0.15, 0.2) is 18.2 Å². The Morgan fingerprint density at radius 1 is 1.17 bits per heavy atom. The molecule has 1 aromatic carbocycles. The van der Waals surface area contributed by atoms with Crippen LogP contribution in [0.25, 0.3) is 0 Å². The second-order valence-corrected chi connectivity index (χ2v) is 5.93. The Labute approximate surface area is 116 Å². The molecule has 2 rings (SSSR count). The van der Waals surface area contributed by atoms with E-state index in [2.05, 4.69) is 31.4 Å². The van der Waals surface area contributed by atoms with Gasteiger partial charge in [-0.1, -0.05) is 49.4 Å². The number of benzene rings is 1. The predicted molar refractivity (Wildman–Crippen MR) is 79.2 cm³/mol. The van der Waals surface area contributed by atoms with Crippen LogP contribution in [0.3, 0.4) is 0 Å². The Balaban J connectivity index is 2.17. The monoisotopic (exact) mass is 265 g/mol. The van der Waals surface area contributed by atoms with E-state index in [1.807, 2.05) is 6.07 Å². The van der Waals surface area contributed by atoms with Gasteiger partial charge in [0, 0.05) is 11.1 Å². The van der Waals surface area contributed by atoms with Gasteiger partial charge in [0.1, 0.15) is 0 Å². The molecule has 1 unspecified atom stereocenters. The van der Waals surface area contributed by atoms with E-state index in [1.54, 1.807) is 0 Å². The van der Waals surface area contributed by atoms with Gasteiger partial charge in [0.05, 0.1) is 0 Å². The standard InChI is InChI=1S/C16H24ClN/c1-12-11-14(9-10-15(12)17)16(18-2)13-7-5-3-4-6-8-13/h9-11,13,16,18H,3-8H2,1-2H3. The van der Waals surface area contributed by atoms with Crippen molar-refractivity contribution in [2.75, 3.05) is 7.05 Å². The maximum atomic E-state index is 6.12. The molecule has 0 saturated heterocycles. The van der Waals surface area contributed by atoms with Gasteiger partial charge < -0.3 is 5.32 Å². The van der Waals surface area contributed by atoms with Crippen molar-refractivity contribution >= 4 is 11.6 Å². The lowest BCUT2D eigenvalue weighted by atomic mass is 9.87. The summed E-state index contributed by atoms with van der Waals surface area (Å²) in [5.74, 6) is 0.776. The van der Waals surface area contributed by atoms with Gasteiger partial charge in [-0.3, -0.25) is 0 Å². The average molecular weight is 266 g/mol. The summed E-state index contributed by atoms with van der Waals surface area (Å²) in [5.41, 5.74) is 2.58. The van der Waals surface area contributed by atoms with Gasteiger partial charge in [-0.15, -0.1) is 0 Å². The molecule has 0 heterocycles. The first-order valence-electron chi connectivity index (χ1n) is 7.15. The van der Waals surface area contributed by atoms with Crippen molar-refractivity contribution in [1.29, 1.82) is 0 Å². The lowest BCUT2D eigenvalue weighted by molar-refractivity contribution is 0.341. The lowest BCUT2D eigenvalue weighted by Crippen LogP contribution is -2.25. The number of aryl methyl sites for hydroxylation is 1. The molecule has 1 nitrogen and oxygen atoms in total. The highest BCUT2D eigenvalue weighted by molar-refractivity contribution is 6.31. The molecule has 1 atom stereocenters. The summed E-state index contributed by atoms with van der Waals surface area (Å²) in [5, 5.41) is 4.39. The van der Waals surface area contributed by atoms with Crippen LogP contribution in [0.4, 0.5) is 0 Å². The first kappa shape index (κ1) is 13.9. The van der Waals surface area contributed by atoms with Crippen LogP contribution >= 0.6 is 11.6 Å². The normalized spacial score (nSPS) is 19.5. The summed E-state index contributed by atoms with van der Waals surface area (Å²) in [6, 6.07) is 6.95. The largest absolute Gasteiger partial charge is 0.313 e. The summed E-state index contributed by atoms with van der Waals surface area (Å²) < 4.78 is 0. The summed E-state index contributed by atoms with van der Waals surface area (Å²) in [4.78, 5) is 0. The van der Waals surface area contributed by atoms with Gasteiger partial charge in [0.2, 0.25) is 0 Å². The van der Waals surface area contributed by atoms with Gasteiger partial charge in [0.15, 0.2) is 0 Å². The van der Waals surface area contributed by atoms with Gasteiger partial charge in [0.25, 0.3) is 0 Å². The third-order valence-corrected chi connectivity index (χ3v) is 4.65. The van der Waals surface area contributed by atoms with Crippen LogP contribution in [-0.2, 0) is 0 Å². The molecule has 0 spiro atoms. The van der Waals surface area contributed by atoms with Crippen LogP contribution < -0.4 is 5.32 Å². The summed E-state index contributed by atoms with van der Waals surface area (Å²) in [6.07, 6.45) is 8.30. The minimum absolute atomic E-state index is 0.485. The fraction of sp³-hybridized carbons (Fsp3) is 0.625. The Kier molecular flexibility index (Phi) is 5.08. The fourth-order valence-electron chi connectivity index (χ4n) is 3.18. The smallest absolute Gasteiger partial charge is 0.0435 e. The van der Waals surface area contributed by atoms with Crippen molar-refractivity contribution < 1.29 is 0 Å². The SMILES string of the molecule is CNC(c1ccc(Cl)c(C)c1)C1CCCCCC1. The molecule has 2 heteroatoms. The Morgan fingerprint density at radius 2 is 1.83 bits per heavy atom. The van der Waals surface area contributed by atoms with Crippen LogP contribution in [-0.4, -0.2) is 7.05 Å². The van der Waals surface area contributed by atoms with E-state index in [0.717, 1.165) is 10.9 Å². The van der Waals surface area contributed by atoms with E-state index >= 15 is 0 Å². The average Bonchev–Trinajstić information content (AvgIpc) is 2.64. The van der Waals surface area contributed by atoms with E-state index in [9.17, 15) is 0 Å². The number of hydrogen-bond donors (Lipinski definition) is 1. The van der Waals surface area contributed by atoms with Crippen molar-refractivity contribution in [1.82, 2.24) is 5.32 Å². The second-order valence-electron chi connectivity index (χ2n) is 5.53.